The van der Waals surface area contributed by atoms with Crippen LogP contribution in [0.5, 0.6) is 0 Å². The predicted octanol–water partition coefficient (Wildman–Crippen LogP) is -0.216. The van der Waals surface area contributed by atoms with Crippen LogP contribution in [-0.2, 0) is 14.8 Å². The molecule has 1 aromatic rings. The number of carbonyl (C=O) groups excluding carboxylic acids is 1. The molecule has 92 valence electrons. The van der Waals surface area contributed by atoms with E-state index in [1.54, 1.807) is 18.3 Å². The van der Waals surface area contributed by atoms with Gasteiger partial charge in [0.1, 0.15) is 11.1 Å². The molecule has 1 saturated heterocycles. The molecule has 2 heterocycles. The maximum atomic E-state index is 11.7. The standard InChI is InChI=1S/C10H13N3O3S/c1-7-2-3-12-9(4-7)13-6-8(5-10(13)14)17(11,15)16/h2-4,8H,5-6H2,1H3,(H2,11,15,16). The Labute approximate surface area is 99.5 Å². The molecule has 2 N–H and O–H groups in total. The summed E-state index contributed by atoms with van der Waals surface area (Å²) >= 11 is 0. The number of primary sulfonamides is 1. The molecule has 1 fully saturated rings. The van der Waals surface area contributed by atoms with Crippen LogP contribution in [0, 0.1) is 6.92 Å². The topological polar surface area (TPSA) is 93.4 Å². The highest BCUT2D eigenvalue weighted by atomic mass is 32.2. The maximum absolute atomic E-state index is 11.7. The van der Waals surface area contributed by atoms with Crippen LogP contribution in [0.1, 0.15) is 12.0 Å². The van der Waals surface area contributed by atoms with Crippen LogP contribution >= 0.6 is 0 Å². The quantitative estimate of drug-likeness (QED) is 0.790. The molecule has 1 atom stereocenters. The fourth-order valence-corrected chi connectivity index (χ4v) is 2.52. The van der Waals surface area contributed by atoms with Gasteiger partial charge in [-0.15, -0.1) is 0 Å². The van der Waals surface area contributed by atoms with Gasteiger partial charge >= 0.3 is 0 Å². The van der Waals surface area contributed by atoms with E-state index in [1.165, 1.54) is 4.90 Å². The molecular formula is C10H13N3O3S. The minimum atomic E-state index is -3.68. The van der Waals surface area contributed by atoms with E-state index in [0.717, 1.165) is 5.56 Å². The normalized spacial score (nSPS) is 20.9. The van der Waals surface area contributed by atoms with Crippen molar-refractivity contribution in [2.45, 2.75) is 18.6 Å². The molecule has 1 aliphatic heterocycles. The van der Waals surface area contributed by atoms with Crippen LogP contribution < -0.4 is 10.0 Å². The van der Waals surface area contributed by atoms with Gasteiger partial charge in [0, 0.05) is 19.2 Å². The Hall–Kier alpha value is -1.47. The average Bonchev–Trinajstić information content (AvgIpc) is 2.60. The molecule has 0 aliphatic carbocycles. The van der Waals surface area contributed by atoms with Crippen LogP contribution in [0.25, 0.3) is 0 Å². The summed E-state index contributed by atoms with van der Waals surface area (Å²) in [5.74, 6) is 0.211. The number of aryl methyl sites for hydroxylation is 1. The van der Waals surface area contributed by atoms with E-state index in [9.17, 15) is 13.2 Å². The largest absolute Gasteiger partial charge is 0.295 e. The molecule has 1 aliphatic rings. The molecule has 0 radical (unpaired) electrons. The number of hydrogen-bond acceptors (Lipinski definition) is 4. The van der Waals surface area contributed by atoms with Gasteiger partial charge in [0.2, 0.25) is 15.9 Å². The van der Waals surface area contributed by atoms with Gasteiger partial charge in [0.25, 0.3) is 0 Å². The van der Waals surface area contributed by atoms with Crippen molar-refractivity contribution in [1.29, 1.82) is 0 Å². The first-order valence-corrected chi connectivity index (χ1v) is 6.73. The minimum absolute atomic E-state index is 0.0749. The molecule has 0 aromatic carbocycles. The predicted molar refractivity (Wildman–Crippen MR) is 62.8 cm³/mol. The second-order valence-corrected chi connectivity index (χ2v) is 5.96. The lowest BCUT2D eigenvalue weighted by molar-refractivity contribution is -0.117. The molecule has 17 heavy (non-hydrogen) atoms. The molecular weight excluding hydrogens is 242 g/mol. The number of aromatic nitrogens is 1. The number of rotatable bonds is 2. The van der Waals surface area contributed by atoms with Crippen molar-refractivity contribution in [3.05, 3.63) is 23.9 Å². The minimum Gasteiger partial charge on any atom is -0.295 e. The van der Waals surface area contributed by atoms with Gasteiger partial charge < -0.3 is 0 Å². The summed E-state index contributed by atoms with van der Waals surface area (Å²) in [5.41, 5.74) is 0.960. The Morgan fingerprint density at radius 2 is 2.24 bits per heavy atom. The van der Waals surface area contributed by atoms with Gasteiger partial charge in [0.15, 0.2) is 0 Å². The Morgan fingerprint density at radius 3 is 2.76 bits per heavy atom. The zero-order valence-electron chi connectivity index (χ0n) is 9.33. The van der Waals surface area contributed by atoms with Crippen LogP contribution in [0.4, 0.5) is 5.82 Å². The van der Waals surface area contributed by atoms with E-state index < -0.39 is 15.3 Å². The third-order valence-corrected chi connectivity index (χ3v) is 3.98. The highest BCUT2D eigenvalue weighted by Gasteiger charge is 2.37. The van der Waals surface area contributed by atoms with Crippen molar-refractivity contribution in [1.82, 2.24) is 4.98 Å². The highest BCUT2D eigenvalue weighted by molar-refractivity contribution is 7.89. The van der Waals surface area contributed by atoms with E-state index in [2.05, 4.69) is 4.98 Å². The Morgan fingerprint density at radius 1 is 1.53 bits per heavy atom. The zero-order valence-corrected chi connectivity index (χ0v) is 10.1. The van der Waals surface area contributed by atoms with E-state index in [1.807, 2.05) is 6.92 Å². The summed E-state index contributed by atoms with van der Waals surface area (Å²) in [4.78, 5) is 17.1. The van der Waals surface area contributed by atoms with E-state index in [0.29, 0.717) is 5.82 Å². The summed E-state index contributed by atoms with van der Waals surface area (Å²) in [6, 6.07) is 3.55. The monoisotopic (exact) mass is 255 g/mol. The summed E-state index contributed by atoms with van der Waals surface area (Å²) < 4.78 is 22.4. The first-order valence-electron chi connectivity index (χ1n) is 5.12. The van der Waals surface area contributed by atoms with Crippen molar-refractivity contribution < 1.29 is 13.2 Å². The van der Waals surface area contributed by atoms with Gasteiger partial charge in [-0.05, 0) is 24.6 Å². The third-order valence-electron chi connectivity index (χ3n) is 2.73. The van der Waals surface area contributed by atoms with E-state index in [-0.39, 0.29) is 18.9 Å². The van der Waals surface area contributed by atoms with E-state index >= 15 is 0 Å². The van der Waals surface area contributed by atoms with Gasteiger partial charge in [-0.2, -0.15) is 0 Å². The first-order chi connectivity index (χ1) is 7.88. The molecule has 0 saturated carbocycles. The zero-order chi connectivity index (χ0) is 12.6. The lowest BCUT2D eigenvalue weighted by atomic mass is 10.3. The molecule has 1 aromatic heterocycles. The number of nitrogens with two attached hydrogens (primary N) is 1. The number of sulfonamides is 1. The van der Waals surface area contributed by atoms with Crippen molar-refractivity contribution >= 4 is 21.7 Å². The molecule has 2 rings (SSSR count). The first kappa shape index (κ1) is 12.0. The summed E-state index contributed by atoms with van der Waals surface area (Å²) in [6.07, 6.45) is 1.51. The van der Waals surface area contributed by atoms with Crippen LogP contribution in [0.15, 0.2) is 18.3 Å². The summed E-state index contributed by atoms with van der Waals surface area (Å²) in [5, 5.41) is 4.21. The molecule has 6 nitrogen and oxygen atoms in total. The number of pyridine rings is 1. The number of hydrogen-bond donors (Lipinski definition) is 1. The van der Waals surface area contributed by atoms with Gasteiger partial charge in [-0.1, -0.05) is 0 Å². The lowest BCUT2D eigenvalue weighted by Gasteiger charge is -2.15. The maximum Gasteiger partial charge on any atom is 0.229 e. The molecule has 1 unspecified atom stereocenters. The van der Waals surface area contributed by atoms with Crippen LogP contribution in [-0.4, -0.2) is 31.1 Å². The van der Waals surface area contributed by atoms with Crippen LogP contribution in [0.2, 0.25) is 0 Å². The number of nitrogens with zero attached hydrogens (tertiary/aromatic N) is 2. The van der Waals surface area contributed by atoms with Crippen LogP contribution in [0.3, 0.4) is 0 Å². The smallest absolute Gasteiger partial charge is 0.229 e. The third kappa shape index (κ3) is 2.45. The van der Waals surface area contributed by atoms with E-state index in [4.69, 9.17) is 5.14 Å². The molecule has 1 amide bonds. The van der Waals surface area contributed by atoms with Crippen molar-refractivity contribution in [2.75, 3.05) is 11.4 Å². The Balaban J connectivity index is 2.28. The van der Waals surface area contributed by atoms with Gasteiger partial charge in [-0.25, -0.2) is 18.5 Å². The van der Waals surface area contributed by atoms with Crippen molar-refractivity contribution in [2.24, 2.45) is 5.14 Å². The summed E-state index contributed by atoms with van der Waals surface area (Å²) in [7, 11) is -3.68. The van der Waals surface area contributed by atoms with Gasteiger partial charge in [0.05, 0.1) is 0 Å². The fraction of sp³-hybridized carbons (Fsp3) is 0.400. The molecule has 0 bridgehead atoms. The SMILES string of the molecule is Cc1ccnc(N2CC(S(N)(=O)=O)CC2=O)c1. The molecule has 7 heteroatoms. The number of amides is 1. The second kappa shape index (κ2) is 4.08. The number of anilines is 1. The summed E-state index contributed by atoms with van der Waals surface area (Å²) in [6.45, 7) is 1.96. The number of carbonyl (C=O) groups is 1. The lowest BCUT2D eigenvalue weighted by Crippen LogP contribution is -2.32. The Bertz CT molecular complexity index is 556. The molecule has 0 spiro atoms. The average molecular weight is 255 g/mol. The second-order valence-electron chi connectivity index (χ2n) is 4.11. The fourth-order valence-electron chi connectivity index (χ4n) is 1.78. The van der Waals surface area contributed by atoms with Gasteiger partial charge in [-0.3, -0.25) is 9.69 Å². The van der Waals surface area contributed by atoms with Crippen molar-refractivity contribution in [3.63, 3.8) is 0 Å². The highest BCUT2D eigenvalue weighted by Crippen LogP contribution is 2.22. The Kier molecular flexibility index (Phi) is 2.88. The van der Waals surface area contributed by atoms with Crippen molar-refractivity contribution in [3.8, 4) is 0 Å².